The zero-order chi connectivity index (χ0) is 11.4. The first-order valence-corrected chi connectivity index (χ1v) is 6.91. The number of rotatable bonds is 5. The highest BCUT2D eigenvalue weighted by molar-refractivity contribution is 7.11. The van der Waals surface area contributed by atoms with Gasteiger partial charge in [-0.3, -0.25) is 0 Å². The van der Waals surface area contributed by atoms with Gasteiger partial charge in [0.05, 0.1) is 5.01 Å². The third-order valence-corrected chi connectivity index (χ3v) is 4.28. The molecule has 0 aromatic carbocycles. The molecule has 3 N–H and O–H groups in total. The van der Waals surface area contributed by atoms with Gasteiger partial charge in [0.1, 0.15) is 0 Å². The van der Waals surface area contributed by atoms with Crippen LogP contribution >= 0.6 is 11.3 Å². The second-order valence-electron chi connectivity index (χ2n) is 4.84. The Hall–Kier alpha value is -0.450. The summed E-state index contributed by atoms with van der Waals surface area (Å²) in [6, 6.07) is 0. The quantitative estimate of drug-likeness (QED) is 0.775. The Morgan fingerprint density at radius 3 is 2.88 bits per heavy atom. The van der Waals surface area contributed by atoms with Crippen molar-refractivity contribution in [3.8, 4) is 0 Å². The smallest absolute Gasteiger partial charge is 0.0897 e. The zero-order valence-electron chi connectivity index (χ0n) is 9.96. The standard InChI is InChI=1S/C12H21N3S/c1-10-15-9-11(16-10)8-14-7-6-12(13)4-2-3-5-12/h9,14H,2-8,13H2,1H3. The minimum atomic E-state index is 0.122. The third kappa shape index (κ3) is 3.27. The highest BCUT2D eigenvalue weighted by atomic mass is 32.1. The highest BCUT2D eigenvalue weighted by Crippen LogP contribution is 2.29. The SMILES string of the molecule is Cc1ncc(CNCCC2(N)CCCC2)s1. The lowest BCUT2D eigenvalue weighted by Gasteiger charge is -2.23. The second kappa shape index (κ2) is 5.25. The molecule has 0 aliphatic heterocycles. The molecule has 0 radical (unpaired) electrons. The maximum absolute atomic E-state index is 6.29. The van der Waals surface area contributed by atoms with E-state index in [9.17, 15) is 0 Å². The summed E-state index contributed by atoms with van der Waals surface area (Å²) < 4.78 is 0. The Bertz CT molecular complexity index is 329. The van der Waals surface area contributed by atoms with Crippen LogP contribution in [0.25, 0.3) is 0 Å². The molecule has 1 heterocycles. The molecule has 3 nitrogen and oxygen atoms in total. The van der Waals surface area contributed by atoms with Crippen molar-refractivity contribution in [3.63, 3.8) is 0 Å². The molecule has 1 aromatic heterocycles. The van der Waals surface area contributed by atoms with Crippen molar-refractivity contribution in [2.24, 2.45) is 5.73 Å². The number of thiazole rings is 1. The van der Waals surface area contributed by atoms with Crippen molar-refractivity contribution in [2.45, 2.75) is 51.1 Å². The van der Waals surface area contributed by atoms with Gasteiger partial charge < -0.3 is 11.1 Å². The summed E-state index contributed by atoms with van der Waals surface area (Å²) in [6.45, 7) is 4.00. The van der Waals surface area contributed by atoms with Gasteiger partial charge in [-0.1, -0.05) is 12.8 Å². The van der Waals surface area contributed by atoms with E-state index in [4.69, 9.17) is 5.73 Å². The largest absolute Gasteiger partial charge is 0.325 e. The number of aromatic nitrogens is 1. The van der Waals surface area contributed by atoms with Gasteiger partial charge >= 0.3 is 0 Å². The van der Waals surface area contributed by atoms with Gasteiger partial charge in [-0.15, -0.1) is 11.3 Å². The average Bonchev–Trinajstić information content (AvgIpc) is 2.84. The van der Waals surface area contributed by atoms with Crippen LogP contribution in [0.5, 0.6) is 0 Å². The predicted molar refractivity (Wildman–Crippen MR) is 68.6 cm³/mol. The average molecular weight is 239 g/mol. The first kappa shape index (κ1) is 12.0. The lowest BCUT2D eigenvalue weighted by molar-refractivity contribution is 0.394. The minimum absolute atomic E-state index is 0.122. The van der Waals surface area contributed by atoms with Crippen molar-refractivity contribution >= 4 is 11.3 Å². The summed E-state index contributed by atoms with van der Waals surface area (Å²) >= 11 is 1.76. The molecular formula is C12H21N3S. The molecule has 1 aromatic rings. The van der Waals surface area contributed by atoms with Crippen LogP contribution in [0.15, 0.2) is 6.20 Å². The number of hydrogen-bond donors (Lipinski definition) is 2. The molecule has 1 saturated carbocycles. The summed E-state index contributed by atoms with van der Waals surface area (Å²) in [5.41, 5.74) is 6.41. The molecule has 4 heteroatoms. The summed E-state index contributed by atoms with van der Waals surface area (Å²) in [5, 5.41) is 4.60. The molecule has 0 atom stereocenters. The molecule has 2 rings (SSSR count). The molecule has 0 bridgehead atoms. The van der Waals surface area contributed by atoms with E-state index in [1.165, 1.54) is 30.6 Å². The Morgan fingerprint density at radius 2 is 2.25 bits per heavy atom. The van der Waals surface area contributed by atoms with Crippen LogP contribution in [0.3, 0.4) is 0 Å². The maximum Gasteiger partial charge on any atom is 0.0897 e. The van der Waals surface area contributed by atoms with E-state index < -0.39 is 0 Å². The molecule has 0 spiro atoms. The van der Waals surface area contributed by atoms with Crippen LogP contribution in [-0.4, -0.2) is 17.1 Å². The monoisotopic (exact) mass is 239 g/mol. The van der Waals surface area contributed by atoms with Crippen LogP contribution < -0.4 is 11.1 Å². The molecule has 0 amide bonds. The number of hydrogen-bond acceptors (Lipinski definition) is 4. The fourth-order valence-electron chi connectivity index (χ4n) is 2.37. The van der Waals surface area contributed by atoms with Gasteiger partial charge in [0, 0.05) is 23.2 Å². The first-order chi connectivity index (χ1) is 7.68. The van der Waals surface area contributed by atoms with Crippen LogP contribution in [0.2, 0.25) is 0 Å². The molecule has 0 saturated heterocycles. The second-order valence-corrected chi connectivity index (χ2v) is 6.16. The lowest BCUT2D eigenvalue weighted by Crippen LogP contribution is -2.39. The minimum Gasteiger partial charge on any atom is -0.325 e. The topological polar surface area (TPSA) is 50.9 Å². The molecular weight excluding hydrogens is 218 g/mol. The van der Waals surface area contributed by atoms with E-state index in [-0.39, 0.29) is 5.54 Å². The summed E-state index contributed by atoms with van der Waals surface area (Å²) in [4.78, 5) is 5.56. The van der Waals surface area contributed by atoms with Crippen LogP contribution in [0.1, 0.15) is 42.0 Å². The van der Waals surface area contributed by atoms with Gasteiger partial charge in [0.15, 0.2) is 0 Å². The highest BCUT2D eigenvalue weighted by Gasteiger charge is 2.28. The molecule has 90 valence electrons. The van der Waals surface area contributed by atoms with E-state index >= 15 is 0 Å². The Balaban J connectivity index is 1.65. The lowest BCUT2D eigenvalue weighted by atomic mass is 9.95. The number of aryl methyl sites for hydroxylation is 1. The number of nitrogens with one attached hydrogen (secondary N) is 1. The van der Waals surface area contributed by atoms with Gasteiger partial charge in [-0.25, -0.2) is 4.98 Å². The van der Waals surface area contributed by atoms with Crippen LogP contribution in [0, 0.1) is 6.92 Å². The van der Waals surface area contributed by atoms with E-state index in [0.29, 0.717) is 0 Å². The summed E-state index contributed by atoms with van der Waals surface area (Å²) in [5.74, 6) is 0. The van der Waals surface area contributed by atoms with Gasteiger partial charge in [-0.2, -0.15) is 0 Å². The number of nitrogens with two attached hydrogens (primary N) is 1. The van der Waals surface area contributed by atoms with Crippen molar-refractivity contribution in [1.29, 1.82) is 0 Å². The Morgan fingerprint density at radius 1 is 1.50 bits per heavy atom. The summed E-state index contributed by atoms with van der Waals surface area (Å²) in [6.07, 6.45) is 8.09. The van der Waals surface area contributed by atoms with Crippen LogP contribution in [-0.2, 0) is 6.54 Å². The van der Waals surface area contributed by atoms with Crippen molar-refractivity contribution in [3.05, 3.63) is 16.1 Å². The van der Waals surface area contributed by atoms with Crippen molar-refractivity contribution in [2.75, 3.05) is 6.54 Å². The Kier molecular flexibility index (Phi) is 3.95. The molecule has 16 heavy (non-hydrogen) atoms. The summed E-state index contributed by atoms with van der Waals surface area (Å²) in [7, 11) is 0. The fraction of sp³-hybridized carbons (Fsp3) is 0.750. The third-order valence-electron chi connectivity index (χ3n) is 3.37. The predicted octanol–water partition coefficient (Wildman–Crippen LogP) is 2.20. The van der Waals surface area contributed by atoms with Gasteiger partial charge in [0.2, 0.25) is 0 Å². The van der Waals surface area contributed by atoms with Gasteiger partial charge in [0.25, 0.3) is 0 Å². The number of nitrogens with zero attached hydrogens (tertiary/aromatic N) is 1. The van der Waals surface area contributed by atoms with Crippen LogP contribution in [0.4, 0.5) is 0 Å². The Labute approximate surface area is 101 Å². The van der Waals surface area contributed by atoms with Gasteiger partial charge in [-0.05, 0) is 32.7 Å². The normalized spacial score (nSPS) is 19.1. The maximum atomic E-state index is 6.29. The van der Waals surface area contributed by atoms with Crippen molar-refractivity contribution < 1.29 is 0 Å². The zero-order valence-corrected chi connectivity index (χ0v) is 10.8. The fourth-order valence-corrected chi connectivity index (χ4v) is 3.13. The van der Waals surface area contributed by atoms with E-state index in [2.05, 4.69) is 10.3 Å². The van der Waals surface area contributed by atoms with Crippen molar-refractivity contribution in [1.82, 2.24) is 10.3 Å². The molecule has 1 aliphatic carbocycles. The molecule has 0 unspecified atom stereocenters. The van der Waals surface area contributed by atoms with E-state index in [0.717, 1.165) is 24.5 Å². The van der Waals surface area contributed by atoms with E-state index in [1.54, 1.807) is 11.3 Å². The van der Waals surface area contributed by atoms with E-state index in [1.807, 2.05) is 13.1 Å². The molecule has 1 aliphatic rings. The molecule has 1 fully saturated rings. The first-order valence-electron chi connectivity index (χ1n) is 6.09.